The van der Waals surface area contributed by atoms with Crippen molar-refractivity contribution >= 4 is 6.08 Å². The summed E-state index contributed by atoms with van der Waals surface area (Å²) >= 11 is 0. The van der Waals surface area contributed by atoms with Crippen LogP contribution in [0.4, 0.5) is 0 Å². The van der Waals surface area contributed by atoms with Crippen LogP contribution in [0.2, 0.25) is 0 Å². The van der Waals surface area contributed by atoms with Gasteiger partial charge in [-0.2, -0.15) is 0 Å². The summed E-state index contributed by atoms with van der Waals surface area (Å²) in [6.07, 6.45) is 3.35. The molecular formula is C24H30O. The maximum absolute atomic E-state index is 6.45. The van der Waals surface area contributed by atoms with Crippen LogP contribution in [-0.4, -0.2) is 6.61 Å². The Labute approximate surface area is 152 Å². The lowest BCUT2D eigenvalue weighted by atomic mass is 9.81. The van der Waals surface area contributed by atoms with E-state index in [4.69, 9.17) is 4.74 Å². The van der Waals surface area contributed by atoms with Gasteiger partial charge in [0.25, 0.3) is 0 Å². The molecule has 132 valence electrons. The average molecular weight is 335 g/mol. The van der Waals surface area contributed by atoms with Crippen LogP contribution < -0.4 is 4.74 Å². The number of fused-ring (bicyclic) bond motifs is 1. The molecule has 0 atom stereocenters. The van der Waals surface area contributed by atoms with Gasteiger partial charge in [0.1, 0.15) is 5.75 Å². The van der Waals surface area contributed by atoms with Gasteiger partial charge in [-0.25, -0.2) is 0 Å². The van der Waals surface area contributed by atoms with Crippen molar-refractivity contribution in [1.82, 2.24) is 0 Å². The molecule has 1 aliphatic rings. The standard InChI is InChI=1S/C24H30O/c1-16(2)15-25-23-21(24(4,5)6)14-19-12-17(3)13-20(19)22(23)18-10-8-7-9-11-18/h7-12,14,16H,13,15H2,1-6H3. The summed E-state index contributed by atoms with van der Waals surface area (Å²) in [5.74, 6) is 1.58. The molecule has 0 heterocycles. The van der Waals surface area contributed by atoms with E-state index in [9.17, 15) is 0 Å². The number of hydrogen-bond acceptors (Lipinski definition) is 1. The minimum absolute atomic E-state index is 0.0369. The third-order valence-electron chi connectivity index (χ3n) is 4.71. The molecule has 1 heteroatoms. The number of hydrogen-bond donors (Lipinski definition) is 0. The van der Waals surface area contributed by atoms with Gasteiger partial charge in [0.15, 0.2) is 0 Å². The van der Waals surface area contributed by atoms with Gasteiger partial charge in [-0.1, -0.05) is 76.6 Å². The number of ether oxygens (including phenoxy) is 1. The molecule has 0 radical (unpaired) electrons. The Morgan fingerprint density at radius 1 is 1.08 bits per heavy atom. The Hall–Kier alpha value is -2.02. The lowest BCUT2D eigenvalue weighted by molar-refractivity contribution is 0.266. The van der Waals surface area contributed by atoms with Gasteiger partial charge in [-0.15, -0.1) is 0 Å². The van der Waals surface area contributed by atoms with Crippen molar-refractivity contribution < 1.29 is 4.74 Å². The maximum Gasteiger partial charge on any atom is 0.131 e. The van der Waals surface area contributed by atoms with Crippen molar-refractivity contribution in [3.63, 3.8) is 0 Å². The fourth-order valence-electron chi connectivity index (χ4n) is 3.51. The van der Waals surface area contributed by atoms with Gasteiger partial charge in [-0.05, 0) is 47.4 Å². The van der Waals surface area contributed by atoms with E-state index in [2.05, 4.69) is 84.0 Å². The van der Waals surface area contributed by atoms with Crippen molar-refractivity contribution in [3.8, 4) is 16.9 Å². The molecule has 0 saturated heterocycles. The van der Waals surface area contributed by atoms with Crippen molar-refractivity contribution in [2.24, 2.45) is 5.92 Å². The van der Waals surface area contributed by atoms with Crippen LogP contribution in [-0.2, 0) is 11.8 Å². The van der Waals surface area contributed by atoms with E-state index in [0.29, 0.717) is 5.92 Å². The lowest BCUT2D eigenvalue weighted by Gasteiger charge is -2.28. The Morgan fingerprint density at radius 2 is 1.76 bits per heavy atom. The quantitative estimate of drug-likeness (QED) is 0.608. The van der Waals surface area contributed by atoms with Crippen LogP contribution in [0.25, 0.3) is 17.2 Å². The van der Waals surface area contributed by atoms with Crippen molar-refractivity contribution in [1.29, 1.82) is 0 Å². The normalized spacial score (nSPS) is 13.8. The van der Waals surface area contributed by atoms with E-state index in [0.717, 1.165) is 18.8 Å². The van der Waals surface area contributed by atoms with Crippen molar-refractivity contribution in [2.75, 3.05) is 6.61 Å². The molecule has 0 N–H and O–H groups in total. The van der Waals surface area contributed by atoms with Crippen LogP contribution >= 0.6 is 0 Å². The maximum atomic E-state index is 6.45. The molecule has 1 nitrogen and oxygen atoms in total. The Morgan fingerprint density at radius 3 is 2.36 bits per heavy atom. The number of allylic oxidation sites excluding steroid dienone is 1. The molecule has 0 amide bonds. The Balaban J connectivity index is 2.28. The summed E-state index contributed by atoms with van der Waals surface area (Å²) in [7, 11) is 0. The summed E-state index contributed by atoms with van der Waals surface area (Å²) < 4.78 is 6.45. The highest BCUT2D eigenvalue weighted by molar-refractivity contribution is 5.83. The van der Waals surface area contributed by atoms with Gasteiger partial charge in [0.2, 0.25) is 0 Å². The highest BCUT2D eigenvalue weighted by Gasteiger charge is 2.28. The fourth-order valence-corrected chi connectivity index (χ4v) is 3.51. The highest BCUT2D eigenvalue weighted by Crippen LogP contribution is 2.46. The molecule has 3 rings (SSSR count). The van der Waals surface area contributed by atoms with Gasteiger partial charge >= 0.3 is 0 Å². The zero-order chi connectivity index (χ0) is 18.2. The van der Waals surface area contributed by atoms with Gasteiger partial charge in [0.05, 0.1) is 6.61 Å². The SMILES string of the molecule is CC1=Cc2cc(C(C)(C)C)c(OCC(C)C)c(-c3ccccc3)c2C1. The lowest BCUT2D eigenvalue weighted by Crippen LogP contribution is -2.17. The van der Waals surface area contributed by atoms with Crippen molar-refractivity contribution in [2.45, 2.75) is 53.4 Å². The first-order valence-electron chi connectivity index (χ1n) is 9.33. The topological polar surface area (TPSA) is 9.23 Å². The van der Waals surface area contributed by atoms with E-state index in [1.165, 1.54) is 33.4 Å². The second kappa shape index (κ2) is 6.71. The molecular weight excluding hydrogens is 304 g/mol. The summed E-state index contributed by atoms with van der Waals surface area (Å²) in [6.45, 7) is 14.2. The third-order valence-corrected chi connectivity index (χ3v) is 4.71. The van der Waals surface area contributed by atoms with Gasteiger partial charge in [0, 0.05) is 11.1 Å². The summed E-state index contributed by atoms with van der Waals surface area (Å²) in [6, 6.07) is 13.1. The Bertz CT molecular complexity index is 789. The van der Waals surface area contributed by atoms with Crippen LogP contribution in [0.3, 0.4) is 0 Å². The molecule has 0 saturated carbocycles. The zero-order valence-electron chi connectivity index (χ0n) is 16.4. The first-order valence-corrected chi connectivity index (χ1v) is 9.33. The van der Waals surface area contributed by atoms with Crippen LogP contribution in [0.15, 0.2) is 42.0 Å². The molecule has 2 aromatic carbocycles. The molecule has 1 aliphatic carbocycles. The zero-order valence-corrected chi connectivity index (χ0v) is 16.4. The predicted molar refractivity (Wildman–Crippen MR) is 108 cm³/mol. The van der Waals surface area contributed by atoms with E-state index in [-0.39, 0.29) is 5.41 Å². The summed E-state index contributed by atoms with van der Waals surface area (Å²) in [5, 5.41) is 0. The van der Waals surface area contributed by atoms with Gasteiger partial charge < -0.3 is 4.74 Å². The minimum atomic E-state index is 0.0369. The average Bonchev–Trinajstić information content (AvgIpc) is 2.91. The third kappa shape index (κ3) is 3.66. The van der Waals surface area contributed by atoms with E-state index >= 15 is 0 Å². The number of rotatable bonds is 4. The van der Waals surface area contributed by atoms with Crippen molar-refractivity contribution in [3.05, 3.63) is 58.7 Å². The van der Waals surface area contributed by atoms with Crippen LogP contribution in [0.5, 0.6) is 5.75 Å². The van der Waals surface area contributed by atoms with Gasteiger partial charge in [-0.3, -0.25) is 0 Å². The molecule has 0 fully saturated rings. The molecule has 2 aromatic rings. The second-order valence-corrected chi connectivity index (χ2v) is 8.68. The summed E-state index contributed by atoms with van der Waals surface area (Å²) in [4.78, 5) is 0. The smallest absolute Gasteiger partial charge is 0.131 e. The second-order valence-electron chi connectivity index (χ2n) is 8.68. The van der Waals surface area contributed by atoms with E-state index in [1.807, 2.05) is 0 Å². The predicted octanol–water partition coefficient (Wildman–Crippen LogP) is 6.65. The molecule has 0 aliphatic heterocycles. The van der Waals surface area contributed by atoms with Crippen LogP contribution in [0.1, 0.15) is 58.2 Å². The first kappa shape index (κ1) is 17.8. The monoisotopic (exact) mass is 334 g/mol. The highest BCUT2D eigenvalue weighted by atomic mass is 16.5. The first-order chi connectivity index (χ1) is 11.8. The van der Waals surface area contributed by atoms with Crippen LogP contribution in [0, 0.1) is 5.92 Å². The number of benzene rings is 2. The molecule has 25 heavy (non-hydrogen) atoms. The minimum Gasteiger partial charge on any atom is -0.492 e. The largest absolute Gasteiger partial charge is 0.492 e. The molecule has 0 spiro atoms. The molecule has 0 aromatic heterocycles. The molecule has 0 unspecified atom stereocenters. The Kier molecular flexibility index (Phi) is 4.77. The van der Waals surface area contributed by atoms with E-state index in [1.54, 1.807) is 0 Å². The summed E-state index contributed by atoms with van der Waals surface area (Å²) in [5.41, 5.74) is 8.08. The fraction of sp³-hybridized carbons (Fsp3) is 0.417. The van der Waals surface area contributed by atoms with E-state index < -0.39 is 0 Å². The molecule has 0 bridgehead atoms.